The van der Waals surface area contributed by atoms with Gasteiger partial charge in [-0.3, -0.25) is 0 Å². The molecule has 0 atom stereocenters. The van der Waals surface area contributed by atoms with Crippen LogP contribution in [0.1, 0.15) is 20.7 Å². The van der Waals surface area contributed by atoms with Crippen molar-refractivity contribution in [3.05, 3.63) is 54.2 Å². The molecule has 0 bridgehead atoms. The molecule has 1 aromatic heterocycles. The number of benzene rings is 1. The van der Waals surface area contributed by atoms with Crippen LogP contribution < -0.4 is 39.6 Å². The molecule has 96 valence electrons. The predicted molar refractivity (Wildman–Crippen MR) is 54.9 cm³/mol. The molecule has 8 heteroatoms. The molecule has 3 N–H and O–H groups in total. The van der Waals surface area contributed by atoms with Gasteiger partial charge in [-0.05, 0) is 17.7 Å². The molecule has 19 heavy (non-hydrogen) atoms. The topological polar surface area (TPSA) is 135 Å². The molecule has 1 heterocycles. The number of carboxylic acid groups (broad SMARTS) is 2. The molecule has 0 unspecified atom stereocenters. The van der Waals surface area contributed by atoms with E-state index in [4.69, 9.17) is 5.11 Å². The van der Waals surface area contributed by atoms with Gasteiger partial charge in [0.25, 0.3) is 0 Å². The summed E-state index contributed by atoms with van der Waals surface area (Å²) in [5, 5.41) is 18.7. The molecule has 0 saturated heterocycles. The van der Waals surface area contributed by atoms with Crippen LogP contribution in [0, 0.1) is 0 Å². The molecule has 0 aliphatic heterocycles. The molecule has 0 aliphatic rings. The van der Waals surface area contributed by atoms with Crippen molar-refractivity contribution in [1.82, 2.24) is 0 Å². The number of aromatic amines is 1. The average Bonchev–Trinajstić information content (AvgIpc) is 2.87. The number of nitrogens with one attached hydrogen (secondary N) is 1. The van der Waals surface area contributed by atoms with Gasteiger partial charge in [0, 0.05) is 0 Å². The molecule has 0 saturated carbocycles. The Kier molecular flexibility index (Phi) is 10.6. The van der Waals surface area contributed by atoms with E-state index in [0.717, 1.165) is 6.07 Å². The fraction of sp³-hybridized carbons (Fsp3) is 0. The zero-order chi connectivity index (χ0) is 12.7. The van der Waals surface area contributed by atoms with Gasteiger partial charge >= 0.3 is 41.9 Å². The number of hydrogen-bond acceptors (Lipinski definition) is 5. The normalized spacial score (nSPS) is 8.00. The Morgan fingerprint density at radius 1 is 1.26 bits per heavy atom. The van der Waals surface area contributed by atoms with Crippen LogP contribution in [-0.4, -0.2) is 22.5 Å². The van der Waals surface area contributed by atoms with E-state index >= 15 is 0 Å². The van der Waals surface area contributed by atoms with Gasteiger partial charge in [0.2, 0.25) is 6.20 Å². The van der Waals surface area contributed by atoms with Gasteiger partial charge in [0.15, 0.2) is 6.26 Å². The molecule has 0 aliphatic carbocycles. The quantitative estimate of drug-likeness (QED) is 0.569. The Hall–Kier alpha value is -1.67. The van der Waals surface area contributed by atoms with E-state index in [1.165, 1.54) is 24.6 Å². The van der Waals surface area contributed by atoms with E-state index in [-0.39, 0.29) is 46.2 Å². The van der Waals surface area contributed by atoms with E-state index in [2.05, 4.69) is 9.40 Å². The van der Waals surface area contributed by atoms with Gasteiger partial charge < -0.3 is 24.9 Å². The maximum absolute atomic E-state index is 10.4. The zero-order valence-electron chi connectivity index (χ0n) is 10.1. The summed E-state index contributed by atoms with van der Waals surface area (Å²) in [6.45, 7) is 0. The van der Waals surface area contributed by atoms with Crippen molar-refractivity contribution in [2.75, 3.05) is 0 Å². The van der Waals surface area contributed by atoms with E-state index < -0.39 is 11.9 Å². The van der Waals surface area contributed by atoms with Crippen LogP contribution in [-0.2, 0) is 0 Å². The number of carbonyl (C=O) groups is 2. The second-order valence-corrected chi connectivity index (χ2v) is 2.90. The standard InChI is InChI=1S/C8H6O4.C3H3NO.Na.H2O/c9-7(10)5-2-1-3-6(4-5)8(11)12;1-2-5-3-4-1;;/h1-4H,(H,9,10)(H,11,12);1-3H;;1H2/q;;+1;/p-1. The minimum atomic E-state index is -1.38. The first-order valence-corrected chi connectivity index (χ1v) is 4.54. The number of carbonyl (C=O) groups excluding carboxylic acids is 1. The number of carboxylic acids is 2. The summed E-state index contributed by atoms with van der Waals surface area (Å²) in [6, 6.07) is 5.00. The smallest absolute Gasteiger partial charge is 0.870 e. The number of aromatic nitrogens is 1. The van der Waals surface area contributed by atoms with Gasteiger partial charge in [-0.25, -0.2) is 4.79 Å². The van der Waals surface area contributed by atoms with Crippen molar-refractivity contribution in [1.29, 1.82) is 0 Å². The maximum Gasteiger partial charge on any atom is 1.00 e. The number of oxazole rings is 1. The van der Waals surface area contributed by atoms with Crippen molar-refractivity contribution in [3.63, 3.8) is 0 Å². The van der Waals surface area contributed by atoms with Crippen LogP contribution in [0.2, 0.25) is 0 Å². The second kappa shape index (κ2) is 10.3. The summed E-state index contributed by atoms with van der Waals surface area (Å²) in [4.78, 5) is 23.3. The SMILES string of the molecule is O=C([O-])c1cccc(C(=O)O)c1.[Na+].[OH-].c1coc[nH+]1. The van der Waals surface area contributed by atoms with Gasteiger partial charge in [-0.1, -0.05) is 12.1 Å². The molecule has 0 spiro atoms. The zero-order valence-corrected chi connectivity index (χ0v) is 12.1. The van der Waals surface area contributed by atoms with Crippen molar-refractivity contribution in [2.45, 2.75) is 0 Å². The first-order chi connectivity index (χ1) is 8.11. The molecular weight excluding hydrogens is 265 g/mol. The maximum atomic E-state index is 10.4. The van der Waals surface area contributed by atoms with Gasteiger partial charge in [0.05, 0.1) is 11.5 Å². The molecule has 1 aromatic carbocycles. The number of H-pyrrole nitrogens is 1. The van der Waals surface area contributed by atoms with E-state index in [0.29, 0.717) is 0 Å². The van der Waals surface area contributed by atoms with E-state index in [9.17, 15) is 14.7 Å². The largest absolute Gasteiger partial charge is 1.00 e. The Bertz CT molecular complexity index is 453. The van der Waals surface area contributed by atoms with Crippen molar-refractivity contribution in [3.8, 4) is 0 Å². The second-order valence-electron chi connectivity index (χ2n) is 2.90. The third kappa shape index (κ3) is 7.37. The number of rotatable bonds is 2. The Morgan fingerprint density at radius 3 is 2.26 bits per heavy atom. The van der Waals surface area contributed by atoms with Crippen LogP contribution >= 0.6 is 0 Å². The minimum Gasteiger partial charge on any atom is -0.870 e. The molecule has 0 fully saturated rings. The molecule has 0 amide bonds. The Balaban J connectivity index is 0. The summed E-state index contributed by atoms with van der Waals surface area (Å²) in [7, 11) is 0. The monoisotopic (exact) mass is 275 g/mol. The first-order valence-electron chi connectivity index (χ1n) is 4.54. The first kappa shape index (κ1) is 19.7. The summed E-state index contributed by atoms with van der Waals surface area (Å²) < 4.78 is 4.53. The fourth-order valence-electron chi connectivity index (χ4n) is 0.976. The summed E-state index contributed by atoms with van der Waals surface area (Å²) >= 11 is 0. The number of hydrogen-bond donors (Lipinski definition) is 1. The molecule has 2 rings (SSSR count). The van der Waals surface area contributed by atoms with Crippen LogP contribution in [0.5, 0.6) is 0 Å². The van der Waals surface area contributed by atoms with Crippen LogP contribution in [0.25, 0.3) is 0 Å². The summed E-state index contributed by atoms with van der Waals surface area (Å²) in [6.07, 6.45) is 4.78. The fourth-order valence-corrected chi connectivity index (χ4v) is 0.976. The van der Waals surface area contributed by atoms with Crippen LogP contribution in [0.15, 0.2) is 47.5 Å². The third-order valence-corrected chi connectivity index (χ3v) is 1.72. The van der Waals surface area contributed by atoms with Crippen molar-refractivity contribution < 1.29 is 64.2 Å². The molecule has 2 aromatic rings. The predicted octanol–water partition coefficient (Wildman–Crippen LogP) is -3.33. The van der Waals surface area contributed by atoms with Crippen LogP contribution in [0.3, 0.4) is 0 Å². The Morgan fingerprint density at radius 2 is 1.89 bits per heavy atom. The minimum absolute atomic E-state index is 0. The number of aromatic carboxylic acids is 2. The average molecular weight is 275 g/mol. The molecule has 0 radical (unpaired) electrons. The Labute approximate surface area is 130 Å². The van der Waals surface area contributed by atoms with Gasteiger partial charge in [-0.15, -0.1) is 0 Å². The summed E-state index contributed by atoms with van der Waals surface area (Å²) in [5.74, 6) is -2.53. The van der Waals surface area contributed by atoms with Gasteiger partial charge in [0.1, 0.15) is 0 Å². The van der Waals surface area contributed by atoms with Crippen molar-refractivity contribution >= 4 is 11.9 Å². The van der Waals surface area contributed by atoms with Crippen LogP contribution in [0.4, 0.5) is 0 Å². The molecule has 7 nitrogen and oxygen atoms in total. The van der Waals surface area contributed by atoms with E-state index in [1.807, 2.05) is 0 Å². The third-order valence-electron chi connectivity index (χ3n) is 1.72. The van der Waals surface area contributed by atoms with E-state index in [1.54, 1.807) is 12.5 Å². The van der Waals surface area contributed by atoms with Gasteiger partial charge in [-0.2, -0.15) is 4.98 Å². The summed E-state index contributed by atoms with van der Waals surface area (Å²) in [5.41, 5.74) is -0.188. The molecular formula is C11H10NNaO6. The van der Waals surface area contributed by atoms with Crippen molar-refractivity contribution in [2.24, 2.45) is 0 Å².